The van der Waals surface area contributed by atoms with Gasteiger partial charge < -0.3 is 9.22 Å². The van der Waals surface area contributed by atoms with Gasteiger partial charge in [0.15, 0.2) is 0 Å². The van der Waals surface area contributed by atoms with Crippen LogP contribution in [0, 0.1) is 5.92 Å². The van der Waals surface area contributed by atoms with Crippen LogP contribution in [-0.2, 0) is 14.0 Å². The summed E-state index contributed by atoms with van der Waals surface area (Å²) in [5.41, 5.74) is 1.06. The minimum Gasteiger partial charge on any atom is -0.408 e. The Morgan fingerprint density at radius 2 is 1.67 bits per heavy atom. The van der Waals surface area contributed by atoms with Gasteiger partial charge in [0.05, 0.1) is 6.10 Å². The third-order valence-electron chi connectivity index (χ3n) is 6.22. The Morgan fingerprint density at radius 3 is 2.15 bits per heavy atom. The van der Waals surface area contributed by atoms with Crippen molar-refractivity contribution in [2.75, 3.05) is 0 Å². The van der Waals surface area contributed by atoms with E-state index in [-0.39, 0.29) is 22.1 Å². The highest BCUT2D eigenvalue weighted by Crippen LogP contribution is 2.56. The molecule has 1 aliphatic rings. The molecule has 4 heteroatoms. The Morgan fingerprint density at radius 1 is 1.07 bits per heavy atom. The molecule has 0 amide bonds. The molecule has 0 bridgehead atoms. The Kier molecular flexibility index (Phi) is 6.85. The zero-order chi connectivity index (χ0) is 20.3. The molecular formula is C23H36O3Si. The third kappa shape index (κ3) is 4.60. The van der Waals surface area contributed by atoms with Crippen molar-refractivity contribution < 1.29 is 14.0 Å². The smallest absolute Gasteiger partial charge is 0.211 e. The van der Waals surface area contributed by atoms with Crippen LogP contribution in [0.4, 0.5) is 0 Å². The normalized spacial score (nSPS) is 20.4. The van der Waals surface area contributed by atoms with E-state index in [1.807, 2.05) is 18.2 Å². The number of hydrogen-bond donors (Lipinski definition) is 0. The van der Waals surface area contributed by atoms with E-state index in [1.165, 1.54) is 0 Å². The van der Waals surface area contributed by atoms with Crippen molar-refractivity contribution in [1.29, 1.82) is 0 Å². The zero-order valence-electron chi connectivity index (χ0n) is 17.9. The summed E-state index contributed by atoms with van der Waals surface area (Å²) in [5.74, 6) is 0.205. The van der Waals surface area contributed by atoms with Crippen LogP contribution >= 0.6 is 0 Å². The van der Waals surface area contributed by atoms with Gasteiger partial charge in [-0.15, -0.1) is 0 Å². The molecule has 1 saturated carbocycles. The number of hydrogen-bond acceptors (Lipinski definition) is 3. The van der Waals surface area contributed by atoms with Crippen molar-refractivity contribution in [3.05, 3.63) is 35.9 Å². The van der Waals surface area contributed by atoms with Crippen LogP contribution in [0.5, 0.6) is 0 Å². The molecule has 27 heavy (non-hydrogen) atoms. The summed E-state index contributed by atoms with van der Waals surface area (Å²) in [6, 6.07) is 10.6. The topological polar surface area (TPSA) is 43.4 Å². The van der Waals surface area contributed by atoms with E-state index in [0.29, 0.717) is 18.2 Å². The Bertz CT molecular complexity index is 626. The fourth-order valence-corrected chi connectivity index (χ4v) is 10.1. The molecule has 0 saturated heterocycles. The fourth-order valence-electron chi connectivity index (χ4n) is 4.83. The number of benzene rings is 1. The van der Waals surface area contributed by atoms with E-state index in [0.717, 1.165) is 31.1 Å². The molecule has 0 aliphatic heterocycles. The van der Waals surface area contributed by atoms with Crippen LogP contribution < -0.4 is 0 Å². The van der Waals surface area contributed by atoms with E-state index in [2.05, 4.69) is 53.7 Å². The van der Waals surface area contributed by atoms with Gasteiger partial charge in [-0.2, -0.15) is 0 Å². The second kappa shape index (κ2) is 8.40. The SMILES string of the molecule is CC(C)(C)[Si](CC=O)(O[C@@H](c1ccccc1)[C@@H]1CCCCC1=O)C(C)(C)C. The maximum Gasteiger partial charge on any atom is 0.211 e. The van der Waals surface area contributed by atoms with Crippen LogP contribution in [-0.4, -0.2) is 20.4 Å². The lowest BCUT2D eigenvalue weighted by Crippen LogP contribution is -2.56. The second-order valence-electron chi connectivity index (χ2n) is 9.97. The molecule has 1 fully saturated rings. The number of carbonyl (C=O) groups is 2. The van der Waals surface area contributed by atoms with Gasteiger partial charge >= 0.3 is 0 Å². The summed E-state index contributed by atoms with van der Waals surface area (Å²) in [7, 11) is -2.58. The molecule has 1 aromatic carbocycles. The maximum atomic E-state index is 12.8. The molecular weight excluding hydrogens is 352 g/mol. The zero-order valence-corrected chi connectivity index (χ0v) is 18.9. The number of rotatable bonds is 6. The highest BCUT2D eigenvalue weighted by molar-refractivity contribution is 6.81. The molecule has 0 spiro atoms. The van der Waals surface area contributed by atoms with Gasteiger partial charge in [0.1, 0.15) is 12.1 Å². The lowest BCUT2D eigenvalue weighted by Gasteiger charge is -2.52. The van der Waals surface area contributed by atoms with Crippen molar-refractivity contribution in [2.45, 2.75) is 89.5 Å². The maximum absolute atomic E-state index is 12.8. The van der Waals surface area contributed by atoms with Gasteiger partial charge in [0, 0.05) is 18.4 Å². The van der Waals surface area contributed by atoms with Crippen LogP contribution in [0.25, 0.3) is 0 Å². The second-order valence-corrected chi connectivity index (χ2v) is 15.3. The molecule has 0 radical (unpaired) electrons. The fraction of sp³-hybridized carbons (Fsp3) is 0.652. The van der Waals surface area contributed by atoms with Crippen molar-refractivity contribution in [1.82, 2.24) is 0 Å². The van der Waals surface area contributed by atoms with Gasteiger partial charge in [-0.3, -0.25) is 4.79 Å². The number of ketones is 1. The van der Waals surface area contributed by atoms with E-state index in [4.69, 9.17) is 4.43 Å². The molecule has 0 aromatic heterocycles. The summed E-state index contributed by atoms with van der Waals surface area (Å²) in [6.45, 7) is 13.2. The highest BCUT2D eigenvalue weighted by atomic mass is 28.4. The van der Waals surface area contributed by atoms with Crippen LogP contribution in [0.2, 0.25) is 16.1 Å². The van der Waals surface area contributed by atoms with Crippen molar-refractivity contribution in [3.8, 4) is 0 Å². The van der Waals surface area contributed by atoms with Crippen LogP contribution in [0.3, 0.4) is 0 Å². The minimum absolute atomic E-state index is 0.107. The summed E-state index contributed by atoms with van der Waals surface area (Å²) >= 11 is 0. The molecule has 2 atom stereocenters. The Labute approximate surface area is 166 Å². The number of carbonyl (C=O) groups excluding carboxylic acids is 2. The largest absolute Gasteiger partial charge is 0.408 e. The van der Waals surface area contributed by atoms with Gasteiger partial charge in [-0.25, -0.2) is 0 Å². The lowest BCUT2D eigenvalue weighted by atomic mass is 9.82. The summed E-state index contributed by atoms with van der Waals surface area (Å²) in [4.78, 5) is 24.6. The van der Waals surface area contributed by atoms with Crippen LogP contribution in [0.15, 0.2) is 30.3 Å². The molecule has 1 aromatic rings. The first-order valence-corrected chi connectivity index (χ1v) is 12.3. The molecule has 0 heterocycles. The lowest BCUT2D eigenvalue weighted by molar-refractivity contribution is -0.128. The first kappa shape index (κ1) is 22.0. The molecule has 0 unspecified atom stereocenters. The van der Waals surface area contributed by atoms with Crippen molar-refractivity contribution >= 4 is 20.4 Å². The summed E-state index contributed by atoms with van der Waals surface area (Å²) in [5, 5.41) is -0.256. The number of aldehydes is 1. The van der Waals surface area contributed by atoms with E-state index < -0.39 is 8.32 Å². The van der Waals surface area contributed by atoms with Crippen LogP contribution in [0.1, 0.15) is 78.9 Å². The monoisotopic (exact) mass is 388 g/mol. The summed E-state index contributed by atoms with van der Waals surface area (Å²) < 4.78 is 7.09. The molecule has 0 N–H and O–H groups in total. The molecule has 2 rings (SSSR count). The first-order valence-electron chi connectivity index (χ1n) is 10.2. The molecule has 1 aliphatic carbocycles. The Hall–Kier alpha value is -1.26. The first-order chi connectivity index (χ1) is 12.5. The molecule has 150 valence electrons. The summed E-state index contributed by atoms with van der Waals surface area (Å²) in [6.07, 6.45) is 4.34. The van der Waals surface area contributed by atoms with Gasteiger partial charge in [0.2, 0.25) is 8.32 Å². The standard InChI is InChI=1S/C23H36O3Si/c1-22(2,3)27(17-16-24,23(4,5)6)26-21(18-12-8-7-9-13-18)19-14-10-11-15-20(19)25/h7-9,12-13,16,19,21H,10-11,14-15,17H2,1-6H3/t19-,21+/m1/s1. The average molecular weight is 389 g/mol. The van der Waals surface area contributed by atoms with Gasteiger partial charge in [0.25, 0.3) is 0 Å². The van der Waals surface area contributed by atoms with E-state index >= 15 is 0 Å². The number of Topliss-reactive ketones (excluding diaryl/α,β-unsaturated/α-hetero) is 1. The third-order valence-corrected chi connectivity index (χ3v) is 12.5. The highest BCUT2D eigenvalue weighted by Gasteiger charge is 2.56. The van der Waals surface area contributed by atoms with E-state index in [1.54, 1.807) is 0 Å². The van der Waals surface area contributed by atoms with E-state index in [9.17, 15) is 9.59 Å². The molecule has 3 nitrogen and oxygen atoms in total. The van der Waals surface area contributed by atoms with Gasteiger partial charge in [-0.1, -0.05) is 78.3 Å². The van der Waals surface area contributed by atoms with Gasteiger partial charge in [-0.05, 0) is 28.5 Å². The average Bonchev–Trinajstić information content (AvgIpc) is 2.58. The van der Waals surface area contributed by atoms with Crippen molar-refractivity contribution in [3.63, 3.8) is 0 Å². The predicted octanol–water partition coefficient (Wildman–Crippen LogP) is 6.25. The Balaban J connectivity index is 2.56. The quantitative estimate of drug-likeness (QED) is 0.427. The van der Waals surface area contributed by atoms with Crippen molar-refractivity contribution in [2.24, 2.45) is 5.92 Å². The predicted molar refractivity (Wildman–Crippen MR) is 113 cm³/mol. The minimum atomic E-state index is -2.58.